The minimum absolute atomic E-state index is 0.0155. The summed E-state index contributed by atoms with van der Waals surface area (Å²) in [4.78, 5) is 18.6. The van der Waals surface area contributed by atoms with Crippen LogP contribution < -0.4 is 0 Å². The summed E-state index contributed by atoms with van der Waals surface area (Å²) in [6.45, 7) is 5.35. The smallest absolute Gasteiger partial charge is 0.252 e. The van der Waals surface area contributed by atoms with Crippen LogP contribution in [0.25, 0.3) is 0 Å². The van der Waals surface area contributed by atoms with Crippen molar-refractivity contribution in [2.24, 2.45) is 0 Å². The van der Waals surface area contributed by atoms with Gasteiger partial charge in [-0.15, -0.1) is 0 Å². The average Bonchev–Trinajstić information content (AvgIpc) is 2.96. The summed E-state index contributed by atoms with van der Waals surface area (Å²) in [5.41, 5.74) is -0.515. The quantitative estimate of drug-likeness (QED) is 0.772. The second-order valence-corrected chi connectivity index (χ2v) is 5.80. The average molecular weight is 313 g/mol. The van der Waals surface area contributed by atoms with E-state index < -0.39 is 5.60 Å². The highest BCUT2D eigenvalue weighted by atomic mass is 16.5. The number of hydrogen-bond donors (Lipinski definition) is 0. The van der Waals surface area contributed by atoms with Gasteiger partial charge >= 0.3 is 0 Å². The number of aromatic nitrogens is 2. The predicted molar refractivity (Wildman–Crippen MR) is 76.0 cm³/mol. The molecule has 8 nitrogen and oxygen atoms in total. The molecule has 8 heteroatoms. The first kappa shape index (κ1) is 16.9. The zero-order valence-electron chi connectivity index (χ0n) is 13.5. The summed E-state index contributed by atoms with van der Waals surface area (Å²) in [5.74, 6) is 0.807. The topological polar surface area (TPSA) is 86.9 Å². The predicted octanol–water partition coefficient (Wildman–Crippen LogP) is 0.931. The molecule has 1 aliphatic rings. The Morgan fingerprint density at radius 2 is 2.23 bits per heavy atom. The van der Waals surface area contributed by atoms with E-state index in [0.29, 0.717) is 31.5 Å². The monoisotopic (exact) mass is 313 g/mol. The van der Waals surface area contributed by atoms with Gasteiger partial charge in [0, 0.05) is 20.8 Å². The lowest BCUT2D eigenvalue weighted by molar-refractivity contribution is -0.145. The molecule has 0 N–H and O–H groups in total. The van der Waals surface area contributed by atoms with Crippen molar-refractivity contribution in [2.75, 3.05) is 34.0 Å². The Labute approximate surface area is 129 Å². The Hall–Kier alpha value is -1.51. The van der Waals surface area contributed by atoms with Crippen LogP contribution in [0.5, 0.6) is 0 Å². The summed E-state index contributed by atoms with van der Waals surface area (Å²) >= 11 is 0. The van der Waals surface area contributed by atoms with Crippen molar-refractivity contribution >= 4 is 5.91 Å². The molecular weight excluding hydrogens is 290 g/mol. The number of hydrogen-bond acceptors (Lipinski definition) is 7. The van der Waals surface area contributed by atoms with E-state index in [4.69, 9.17) is 18.7 Å². The third-order valence-corrected chi connectivity index (χ3v) is 3.63. The van der Waals surface area contributed by atoms with Crippen molar-refractivity contribution < 1.29 is 23.5 Å². The fourth-order valence-electron chi connectivity index (χ4n) is 2.24. The SMILES string of the molecule is COCc1nc([C@@H]2COCCN2C(=O)CC(C)(C)OC)no1. The van der Waals surface area contributed by atoms with E-state index in [1.54, 1.807) is 19.1 Å². The fraction of sp³-hybridized carbons (Fsp3) is 0.786. The minimum Gasteiger partial charge on any atom is -0.378 e. The van der Waals surface area contributed by atoms with Crippen LogP contribution in [-0.4, -0.2) is 60.5 Å². The molecule has 1 aromatic rings. The van der Waals surface area contributed by atoms with Gasteiger partial charge in [-0.25, -0.2) is 0 Å². The van der Waals surface area contributed by atoms with E-state index in [1.807, 2.05) is 13.8 Å². The zero-order chi connectivity index (χ0) is 16.2. The Bertz CT molecular complexity index is 502. The number of morpholine rings is 1. The molecule has 0 bridgehead atoms. The molecule has 1 aliphatic heterocycles. The van der Waals surface area contributed by atoms with Crippen molar-refractivity contribution in [2.45, 2.75) is 38.5 Å². The van der Waals surface area contributed by atoms with E-state index in [9.17, 15) is 4.79 Å². The third kappa shape index (κ3) is 4.02. The minimum atomic E-state index is -0.515. The molecule has 2 heterocycles. The third-order valence-electron chi connectivity index (χ3n) is 3.63. The van der Waals surface area contributed by atoms with Crippen LogP contribution in [0, 0.1) is 0 Å². The first-order valence-electron chi connectivity index (χ1n) is 7.20. The summed E-state index contributed by atoms with van der Waals surface area (Å²) in [6.07, 6.45) is 0.281. The summed E-state index contributed by atoms with van der Waals surface area (Å²) < 4.78 is 20.9. The second kappa shape index (κ2) is 7.17. The highest BCUT2D eigenvalue weighted by Gasteiger charge is 2.34. The van der Waals surface area contributed by atoms with Gasteiger partial charge in [-0.1, -0.05) is 5.16 Å². The van der Waals surface area contributed by atoms with Crippen LogP contribution in [-0.2, 0) is 25.6 Å². The molecule has 1 fully saturated rings. The molecule has 1 amide bonds. The standard InChI is InChI=1S/C14H23N3O5/c1-14(2,20-4)7-12(18)17-5-6-21-8-10(17)13-15-11(9-19-3)22-16-13/h10H,5-9H2,1-4H3/t10-/m0/s1. The van der Waals surface area contributed by atoms with E-state index in [0.717, 1.165) is 0 Å². The molecule has 124 valence electrons. The van der Waals surface area contributed by atoms with Crippen LogP contribution in [0.3, 0.4) is 0 Å². The van der Waals surface area contributed by atoms with E-state index >= 15 is 0 Å². The lowest BCUT2D eigenvalue weighted by Crippen LogP contribution is -2.46. The van der Waals surface area contributed by atoms with Crippen molar-refractivity contribution in [1.29, 1.82) is 0 Å². The van der Waals surface area contributed by atoms with E-state index in [-0.39, 0.29) is 25.0 Å². The van der Waals surface area contributed by atoms with Crippen molar-refractivity contribution in [3.63, 3.8) is 0 Å². The number of rotatable bonds is 6. The maximum atomic E-state index is 12.6. The molecule has 22 heavy (non-hydrogen) atoms. The van der Waals surface area contributed by atoms with Gasteiger partial charge in [0.05, 0.1) is 25.2 Å². The lowest BCUT2D eigenvalue weighted by atomic mass is 10.0. The molecule has 1 aromatic heterocycles. The molecule has 0 radical (unpaired) electrons. The Balaban J connectivity index is 2.11. The van der Waals surface area contributed by atoms with Crippen LogP contribution in [0.1, 0.15) is 38.0 Å². The number of carbonyl (C=O) groups is 1. The number of amides is 1. The van der Waals surface area contributed by atoms with E-state index in [2.05, 4.69) is 10.1 Å². The summed E-state index contributed by atoms with van der Waals surface area (Å²) in [7, 11) is 3.15. The molecule has 0 saturated carbocycles. The summed E-state index contributed by atoms with van der Waals surface area (Å²) in [5, 5.41) is 3.94. The molecule has 0 aromatic carbocycles. The Kier molecular flexibility index (Phi) is 5.49. The molecule has 0 spiro atoms. The lowest BCUT2D eigenvalue weighted by Gasteiger charge is -2.35. The van der Waals surface area contributed by atoms with Gasteiger partial charge in [0.1, 0.15) is 12.6 Å². The molecule has 0 aliphatic carbocycles. The normalized spacial score (nSPS) is 19.5. The van der Waals surface area contributed by atoms with Crippen LogP contribution >= 0.6 is 0 Å². The van der Waals surface area contributed by atoms with Crippen LogP contribution in [0.2, 0.25) is 0 Å². The molecule has 0 unspecified atom stereocenters. The van der Waals surface area contributed by atoms with Gasteiger partial charge in [-0.3, -0.25) is 4.79 Å². The van der Waals surface area contributed by atoms with Crippen molar-refractivity contribution in [3.8, 4) is 0 Å². The summed E-state index contributed by atoms with van der Waals surface area (Å²) in [6, 6.07) is -0.344. The van der Waals surface area contributed by atoms with Gasteiger partial charge in [0.15, 0.2) is 5.82 Å². The maximum Gasteiger partial charge on any atom is 0.252 e. The van der Waals surface area contributed by atoms with Gasteiger partial charge in [0.25, 0.3) is 5.89 Å². The van der Waals surface area contributed by atoms with E-state index in [1.165, 1.54) is 0 Å². The van der Waals surface area contributed by atoms with Gasteiger partial charge in [-0.05, 0) is 13.8 Å². The highest BCUT2D eigenvalue weighted by molar-refractivity contribution is 5.77. The molecule has 2 rings (SSSR count). The van der Waals surface area contributed by atoms with Crippen LogP contribution in [0.4, 0.5) is 0 Å². The molecular formula is C14H23N3O5. The fourth-order valence-corrected chi connectivity index (χ4v) is 2.24. The first-order chi connectivity index (χ1) is 10.5. The first-order valence-corrected chi connectivity index (χ1v) is 7.20. The Morgan fingerprint density at radius 1 is 1.45 bits per heavy atom. The van der Waals surface area contributed by atoms with Crippen molar-refractivity contribution in [1.82, 2.24) is 15.0 Å². The van der Waals surface area contributed by atoms with Gasteiger partial charge in [-0.2, -0.15) is 4.98 Å². The largest absolute Gasteiger partial charge is 0.378 e. The zero-order valence-corrected chi connectivity index (χ0v) is 13.5. The maximum absolute atomic E-state index is 12.6. The second-order valence-electron chi connectivity index (χ2n) is 5.80. The van der Waals surface area contributed by atoms with Gasteiger partial charge < -0.3 is 23.6 Å². The number of nitrogens with zero attached hydrogens (tertiary/aromatic N) is 3. The van der Waals surface area contributed by atoms with Crippen molar-refractivity contribution in [3.05, 3.63) is 11.7 Å². The highest BCUT2D eigenvalue weighted by Crippen LogP contribution is 2.25. The number of ether oxygens (including phenoxy) is 3. The number of methoxy groups -OCH3 is 2. The van der Waals surface area contributed by atoms with Crippen LogP contribution in [0.15, 0.2) is 4.52 Å². The van der Waals surface area contributed by atoms with Gasteiger partial charge in [0.2, 0.25) is 5.91 Å². The molecule has 1 atom stereocenters. The Morgan fingerprint density at radius 3 is 2.91 bits per heavy atom. The number of carbonyl (C=O) groups excluding carboxylic acids is 1. The molecule has 1 saturated heterocycles.